The largest absolute Gasteiger partial charge is 0.419 e. The smallest absolute Gasteiger partial charge is 0.408 e. The molecule has 1 fully saturated rings. The molecule has 1 aliphatic carbocycles. The van der Waals surface area contributed by atoms with Gasteiger partial charge >= 0.3 is 5.76 Å². The van der Waals surface area contributed by atoms with Gasteiger partial charge in [0.05, 0.1) is 11.1 Å². The van der Waals surface area contributed by atoms with E-state index in [1.165, 1.54) is 4.57 Å². The van der Waals surface area contributed by atoms with Crippen molar-refractivity contribution in [2.45, 2.75) is 24.9 Å². The molecule has 4 nitrogen and oxygen atoms in total. The highest BCUT2D eigenvalue weighted by molar-refractivity contribution is 5.73. The Labute approximate surface area is 92.1 Å². The van der Waals surface area contributed by atoms with Gasteiger partial charge in [-0.1, -0.05) is 6.07 Å². The van der Waals surface area contributed by atoms with Crippen molar-refractivity contribution in [2.24, 2.45) is 7.05 Å². The summed E-state index contributed by atoms with van der Waals surface area (Å²) < 4.78 is 6.53. The Morgan fingerprint density at radius 3 is 2.94 bits per heavy atom. The second-order valence-electron chi connectivity index (χ2n) is 4.63. The molecule has 1 aromatic heterocycles. The molecule has 0 radical (unpaired) electrons. The molecule has 0 saturated heterocycles. The van der Waals surface area contributed by atoms with Gasteiger partial charge in [-0.25, -0.2) is 4.79 Å². The molecular weight excluding hydrogens is 206 g/mol. The predicted molar refractivity (Wildman–Crippen MR) is 59.3 cm³/mol. The van der Waals surface area contributed by atoms with Crippen molar-refractivity contribution >= 4 is 11.1 Å². The average Bonchev–Trinajstić information content (AvgIpc) is 2.90. The van der Waals surface area contributed by atoms with Gasteiger partial charge in [-0.15, -0.1) is 0 Å². The lowest BCUT2D eigenvalue weighted by molar-refractivity contribution is 0.151. The van der Waals surface area contributed by atoms with Crippen LogP contribution in [0.2, 0.25) is 0 Å². The van der Waals surface area contributed by atoms with Crippen molar-refractivity contribution in [1.29, 1.82) is 0 Å². The normalized spacial score (nSPS) is 17.9. The van der Waals surface area contributed by atoms with Crippen molar-refractivity contribution in [3.8, 4) is 0 Å². The van der Waals surface area contributed by atoms with Crippen LogP contribution in [-0.2, 0) is 13.5 Å². The van der Waals surface area contributed by atoms with Gasteiger partial charge in [0.25, 0.3) is 0 Å². The van der Waals surface area contributed by atoms with Gasteiger partial charge < -0.3 is 9.52 Å². The van der Waals surface area contributed by atoms with Crippen LogP contribution >= 0.6 is 0 Å². The van der Waals surface area contributed by atoms with Crippen LogP contribution < -0.4 is 5.76 Å². The van der Waals surface area contributed by atoms with Gasteiger partial charge in [-0.3, -0.25) is 4.57 Å². The van der Waals surface area contributed by atoms with E-state index < -0.39 is 5.60 Å². The molecule has 2 aromatic rings. The first kappa shape index (κ1) is 9.66. The molecule has 0 spiro atoms. The zero-order valence-electron chi connectivity index (χ0n) is 9.06. The van der Waals surface area contributed by atoms with E-state index in [0.717, 1.165) is 23.9 Å². The summed E-state index contributed by atoms with van der Waals surface area (Å²) in [6.07, 6.45) is 2.40. The van der Waals surface area contributed by atoms with Crippen LogP contribution in [0.15, 0.2) is 27.4 Å². The number of aryl methyl sites for hydroxylation is 1. The zero-order chi connectivity index (χ0) is 11.3. The number of hydrogen-bond donors (Lipinski definition) is 1. The molecule has 0 amide bonds. The van der Waals surface area contributed by atoms with E-state index >= 15 is 0 Å². The lowest BCUT2D eigenvalue weighted by atomic mass is 10.1. The van der Waals surface area contributed by atoms with Gasteiger partial charge in [0.2, 0.25) is 0 Å². The van der Waals surface area contributed by atoms with Crippen LogP contribution in [0, 0.1) is 0 Å². The number of fused-ring (bicyclic) bond motifs is 1. The molecular formula is C12H13NO3. The Kier molecular flexibility index (Phi) is 1.80. The number of rotatable bonds is 2. The lowest BCUT2D eigenvalue weighted by Gasteiger charge is -2.06. The summed E-state index contributed by atoms with van der Waals surface area (Å²) in [6, 6.07) is 5.61. The van der Waals surface area contributed by atoms with Crippen LogP contribution in [0.3, 0.4) is 0 Å². The fraction of sp³-hybridized carbons (Fsp3) is 0.417. The molecule has 1 saturated carbocycles. The Morgan fingerprint density at radius 1 is 1.50 bits per heavy atom. The fourth-order valence-electron chi connectivity index (χ4n) is 1.98. The van der Waals surface area contributed by atoms with Crippen molar-refractivity contribution < 1.29 is 9.52 Å². The second kappa shape index (κ2) is 2.98. The Bertz CT molecular complexity index is 604. The molecule has 84 valence electrons. The SMILES string of the molecule is Cn1c(=O)oc2ccc(CC3(O)CC3)cc21. The topological polar surface area (TPSA) is 55.4 Å². The lowest BCUT2D eigenvalue weighted by Crippen LogP contribution is -2.11. The van der Waals surface area contributed by atoms with Gasteiger partial charge in [-0.05, 0) is 30.5 Å². The summed E-state index contributed by atoms with van der Waals surface area (Å²) in [5, 5.41) is 9.84. The number of nitrogens with zero attached hydrogens (tertiary/aromatic N) is 1. The zero-order valence-corrected chi connectivity index (χ0v) is 9.06. The predicted octanol–water partition coefficient (Wildman–Crippen LogP) is 1.20. The molecule has 1 aliphatic rings. The molecule has 0 bridgehead atoms. The maximum atomic E-state index is 11.3. The third-order valence-corrected chi connectivity index (χ3v) is 3.22. The second-order valence-corrected chi connectivity index (χ2v) is 4.63. The van der Waals surface area contributed by atoms with Crippen molar-refractivity contribution in [3.05, 3.63) is 34.3 Å². The molecule has 16 heavy (non-hydrogen) atoms. The van der Waals surface area contributed by atoms with E-state index in [-0.39, 0.29) is 5.76 Å². The highest BCUT2D eigenvalue weighted by Crippen LogP contribution is 2.38. The maximum Gasteiger partial charge on any atom is 0.419 e. The summed E-state index contributed by atoms with van der Waals surface area (Å²) in [7, 11) is 1.68. The number of aromatic nitrogens is 1. The quantitative estimate of drug-likeness (QED) is 0.825. The monoisotopic (exact) mass is 219 g/mol. The number of aliphatic hydroxyl groups is 1. The van der Waals surface area contributed by atoms with Crippen LogP contribution in [0.5, 0.6) is 0 Å². The first-order chi connectivity index (χ1) is 7.57. The first-order valence-electron chi connectivity index (χ1n) is 5.38. The molecule has 1 aromatic carbocycles. The molecule has 4 heteroatoms. The first-order valence-corrected chi connectivity index (χ1v) is 5.38. The van der Waals surface area contributed by atoms with E-state index in [0.29, 0.717) is 12.0 Å². The third kappa shape index (κ3) is 1.46. The fourth-order valence-corrected chi connectivity index (χ4v) is 1.98. The summed E-state index contributed by atoms with van der Waals surface area (Å²) >= 11 is 0. The van der Waals surface area contributed by atoms with Crippen LogP contribution in [0.25, 0.3) is 11.1 Å². The molecule has 0 atom stereocenters. The highest BCUT2D eigenvalue weighted by atomic mass is 16.4. The standard InChI is InChI=1S/C12H13NO3/c1-13-9-6-8(7-12(15)4-5-12)2-3-10(9)16-11(13)14/h2-3,6,15H,4-5,7H2,1H3. The molecule has 3 rings (SSSR count). The summed E-state index contributed by atoms with van der Waals surface area (Å²) in [6.45, 7) is 0. The van der Waals surface area contributed by atoms with Gasteiger partial charge in [0.15, 0.2) is 5.58 Å². The molecule has 1 N–H and O–H groups in total. The Morgan fingerprint density at radius 2 is 2.25 bits per heavy atom. The summed E-state index contributed by atoms with van der Waals surface area (Å²) in [4.78, 5) is 11.3. The minimum absolute atomic E-state index is 0.350. The van der Waals surface area contributed by atoms with Crippen LogP contribution in [0.4, 0.5) is 0 Å². The van der Waals surface area contributed by atoms with E-state index in [1.54, 1.807) is 13.1 Å². The van der Waals surface area contributed by atoms with Crippen molar-refractivity contribution in [2.75, 3.05) is 0 Å². The van der Waals surface area contributed by atoms with Gasteiger partial charge in [0, 0.05) is 13.5 Å². The molecule has 0 aliphatic heterocycles. The van der Waals surface area contributed by atoms with E-state index in [1.807, 2.05) is 12.1 Å². The Hall–Kier alpha value is -1.55. The number of oxazole rings is 1. The third-order valence-electron chi connectivity index (χ3n) is 3.22. The Balaban J connectivity index is 2.07. The summed E-state index contributed by atoms with van der Waals surface area (Å²) in [5.74, 6) is -0.350. The summed E-state index contributed by atoms with van der Waals surface area (Å²) in [5.41, 5.74) is 1.92. The minimum atomic E-state index is -0.504. The molecule has 1 heterocycles. The highest BCUT2D eigenvalue weighted by Gasteiger charge is 2.40. The maximum absolute atomic E-state index is 11.3. The van der Waals surface area contributed by atoms with E-state index in [2.05, 4.69) is 0 Å². The van der Waals surface area contributed by atoms with E-state index in [9.17, 15) is 9.90 Å². The van der Waals surface area contributed by atoms with Crippen LogP contribution in [0.1, 0.15) is 18.4 Å². The van der Waals surface area contributed by atoms with Crippen LogP contribution in [-0.4, -0.2) is 15.3 Å². The molecule has 0 unspecified atom stereocenters. The van der Waals surface area contributed by atoms with Gasteiger partial charge in [-0.2, -0.15) is 0 Å². The number of benzene rings is 1. The average molecular weight is 219 g/mol. The number of hydrogen-bond acceptors (Lipinski definition) is 3. The van der Waals surface area contributed by atoms with Crippen molar-refractivity contribution in [1.82, 2.24) is 4.57 Å². The minimum Gasteiger partial charge on any atom is -0.408 e. The van der Waals surface area contributed by atoms with E-state index in [4.69, 9.17) is 4.42 Å². The van der Waals surface area contributed by atoms with Crippen molar-refractivity contribution in [3.63, 3.8) is 0 Å². The van der Waals surface area contributed by atoms with Gasteiger partial charge in [0.1, 0.15) is 0 Å².